The summed E-state index contributed by atoms with van der Waals surface area (Å²) < 4.78 is 11.3. The van der Waals surface area contributed by atoms with Crippen molar-refractivity contribution in [3.8, 4) is 0 Å². The predicted octanol–water partition coefficient (Wildman–Crippen LogP) is 6.17. The highest BCUT2D eigenvalue weighted by atomic mass is 32.1. The standard InChI is InChI=1S/C26H44N2O3S/c1-4-6-8-9-10-17-30-19-12-20-31-18-11-13-25(29)28-24-21-23(15-14-22(24)3)26(32)27-16-7-5-2/h14-15,21H,4-13,16-20H2,1-3H3,(H,27,32)(H,28,29). The van der Waals surface area contributed by atoms with Gasteiger partial charge in [0.2, 0.25) is 5.91 Å². The van der Waals surface area contributed by atoms with Gasteiger partial charge in [-0.2, -0.15) is 0 Å². The first-order chi connectivity index (χ1) is 15.6. The topological polar surface area (TPSA) is 59.6 Å². The average Bonchev–Trinajstić information content (AvgIpc) is 2.78. The molecule has 0 fully saturated rings. The van der Waals surface area contributed by atoms with Gasteiger partial charge in [-0.15, -0.1) is 0 Å². The quantitative estimate of drug-likeness (QED) is 0.189. The predicted molar refractivity (Wildman–Crippen MR) is 139 cm³/mol. The normalized spacial score (nSPS) is 10.8. The number of benzene rings is 1. The Bertz CT molecular complexity index is 652. The fraction of sp³-hybridized carbons (Fsp3) is 0.692. The van der Waals surface area contributed by atoms with Crippen molar-refractivity contribution in [1.29, 1.82) is 0 Å². The molecule has 0 heterocycles. The van der Waals surface area contributed by atoms with Gasteiger partial charge in [-0.25, -0.2) is 0 Å². The summed E-state index contributed by atoms with van der Waals surface area (Å²) >= 11 is 5.47. The van der Waals surface area contributed by atoms with Crippen LogP contribution in [0.5, 0.6) is 0 Å². The van der Waals surface area contributed by atoms with Gasteiger partial charge in [-0.1, -0.05) is 70.3 Å². The summed E-state index contributed by atoms with van der Waals surface area (Å²) in [6.07, 6.45) is 10.6. The first kappa shape index (κ1) is 28.5. The van der Waals surface area contributed by atoms with Crippen LogP contribution in [0.4, 0.5) is 5.69 Å². The highest BCUT2D eigenvalue weighted by molar-refractivity contribution is 7.80. The highest BCUT2D eigenvalue weighted by Gasteiger charge is 2.08. The van der Waals surface area contributed by atoms with Crippen LogP contribution in [0.25, 0.3) is 0 Å². The van der Waals surface area contributed by atoms with Gasteiger partial charge < -0.3 is 20.1 Å². The summed E-state index contributed by atoms with van der Waals surface area (Å²) in [7, 11) is 0. The summed E-state index contributed by atoms with van der Waals surface area (Å²) in [4.78, 5) is 13.0. The van der Waals surface area contributed by atoms with Gasteiger partial charge in [-0.3, -0.25) is 4.79 Å². The van der Waals surface area contributed by atoms with E-state index in [1.807, 2.05) is 25.1 Å². The van der Waals surface area contributed by atoms with Gasteiger partial charge in [0.15, 0.2) is 0 Å². The molecule has 1 rings (SSSR count). The molecule has 0 aliphatic rings. The van der Waals surface area contributed by atoms with E-state index in [4.69, 9.17) is 21.7 Å². The van der Waals surface area contributed by atoms with E-state index in [-0.39, 0.29) is 5.91 Å². The molecule has 182 valence electrons. The number of aryl methyl sites for hydroxylation is 1. The van der Waals surface area contributed by atoms with Crippen molar-refractivity contribution in [3.05, 3.63) is 29.3 Å². The van der Waals surface area contributed by atoms with Crippen molar-refractivity contribution < 1.29 is 14.3 Å². The molecule has 0 atom stereocenters. The molecule has 5 nitrogen and oxygen atoms in total. The van der Waals surface area contributed by atoms with Crippen molar-refractivity contribution in [2.75, 3.05) is 38.3 Å². The maximum atomic E-state index is 12.3. The average molecular weight is 465 g/mol. The lowest BCUT2D eigenvalue weighted by Gasteiger charge is -2.12. The summed E-state index contributed by atoms with van der Waals surface area (Å²) in [6.45, 7) is 10.1. The zero-order valence-corrected chi connectivity index (χ0v) is 21.3. The molecule has 0 saturated carbocycles. The van der Waals surface area contributed by atoms with Gasteiger partial charge in [0.1, 0.15) is 4.99 Å². The lowest BCUT2D eigenvalue weighted by atomic mass is 10.1. The minimum absolute atomic E-state index is 0.00474. The fourth-order valence-corrected chi connectivity index (χ4v) is 3.43. The smallest absolute Gasteiger partial charge is 0.224 e. The number of ether oxygens (including phenoxy) is 2. The summed E-state index contributed by atoms with van der Waals surface area (Å²) in [5.41, 5.74) is 2.78. The lowest BCUT2D eigenvalue weighted by molar-refractivity contribution is -0.116. The molecule has 1 amide bonds. The Hall–Kier alpha value is -1.50. The molecule has 32 heavy (non-hydrogen) atoms. The van der Waals surface area contributed by atoms with Crippen LogP contribution in [0.2, 0.25) is 0 Å². The first-order valence-corrected chi connectivity index (χ1v) is 12.8. The number of hydrogen-bond donors (Lipinski definition) is 2. The van der Waals surface area contributed by atoms with Crippen molar-refractivity contribution in [2.45, 2.75) is 85.0 Å². The maximum absolute atomic E-state index is 12.3. The number of nitrogens with one attached hydrogen (secondary N) is 2. The molecular weight excluding hydrogens is 420 g/mol. The second-order valence-electron chi connectivity index (χ2n) is 8.28. The van der Waals surface area contributed by atoms with Crippen LogP contribution in [0.3, 0.4) is 0 Å². The zero-order chi connectivity index (χ0) is 23.4. The molecule has 0 aliphatic heterocycles. The zero-order valence-electron chi connectivity index (χ0n) is 20.5. The lowest BCUT2D eigenvalue weighted by Crippen LogP contribution is -2.23. The second kappa shape index (κ2) is 19.0. The molecule has 0 unspecified atom stereocenters. The van der Waals surface area contributed by atoms with Crippen molar-refractivity contribution in [2.24, 2.45) is 0 Å². The van der Waals surface area contributed by atoms with Crippen LogP contribution in [-0.2, 0) is 14.3 Å². The number of rotatable bonds is 19. The van der Waals surface area contributed by atoms with Crippen LogP contribution in [0.15, 0.2) is 18.2 Å². The molecule has 0 aliphatic carbocycles. The van der Waals surface area contributed by atoms with Gasteiger partial charge in [0.05, 0.1) is 0 Å². The summed E-state index contributed by atoms with van der Waals surface area (Å²) in [6, 6.07) is 5.94. The maximum Gasteiger partial charge on any atom is 0.224 e. The van der Waals surface area contributed by atoms with E-state index >= 15 is 0 Å². The van der Waals surface area contributed by atoms with Crippen LogP contribution >= 0.6 is 12.2 Å². The van der Waals surface area contributed by atoms with Crippen molar-refractivity contribution >= 4 is 28.8 Å². The summed E-state index contributed by atoms with van der Waals surface area (Å²) in [5.74, 6) is 0.00474. The van der Waals surface area contributed by atoms with E-state index in [0.717, 1.165) is 67.2 Å². The van der Waals surface area contributed by atoms with E-state index in [9.17, 15) is 4.79 Å². The third kappa shape index (κ3) is 13.8. The second-order valence-corrected chi connectivity index (χ2v) is 8.69. The summed E-state index contributed by atoms with van der Waals surface area (Å²) in [5, 5.41) is 6.29. The van der Waals surface area contributed by atoms with E-state index < -0.39 is 0 Å². The largest absolute Gasteiger partial charge is 0.381 e. The third-order valence-corrected chi connectivity index (χ3v) is 5.63. The Morgan fingerprint density at radius 3 is 2.25 bits per heavy atom. The minimum Gasteiger partial charge on any atom is -0.381 e. The van der Waals surface area contributed by atoms with Gasteiger partial charge in [0, 0.05) is 50.6 Å². The SMILES string of the molecule is CCCCCCCOCCCOCCCC(=O)Nc1cc(C(=S)NCCCC)ccc1C. The number of amides is 1. The monoisotopic (exact) mass is 464 g/mol. The number of carbonyl (C=O) groups is 1. The molecule has 0 bridgehead atoms. The molecular formula is C26H44N2O3S. The van der Waals surface area contributed by atoms with Crippen LogP contribution in [-0.4, -0.2) is 43.9 Å². The Morgan fingerprint density at radius 2 is 1.53 bits per heavy atom. The molecule has 0 radical (unpaired) electrons. The Kier molecular flexibility index (Phi) is 17.0. The number of anilines is 1. The van der Waals surface area contributed by atoms with Crippen molar-refractivity contribution in [1.82, 2.24) is 5.32 Å². The van der Waals surface area contributed by atoms with Gasteiger partial charge in [0.25, 0.3) is 0 Å². The Morgan fingerprint density at radius 1 is 0.875 bits per heavy atom. The van der Waals surface area contributed by atoms with Crippen molar-refractivity contribution in [3.63, 3.8) is 0 Å². The number of carbonyl (C=O) groups excluding carboxylic acids is 1. The van der Waals surface area contributed by atoms with E-state index in [0.29, 0.717) is 26.1 Å². The molecule has 2 N–H and O–H groups in total. The van der Waals surface area contributed by atoms with E-state index in [1.165, 1.54) is 25.7 Å². The fourth-order valence-electron chi connectivity index (χ4n) is 3.20. The van der Waals surface area contributed by atoms with Crippen LogP contribution < -0.4 is 10.6 Å². The number of unbranched alkanes of at least 4 members (excludes halogenated alkanes) is 5. The molecule has 0 spiro atoms. The number of thiocarbonyl (C=S) groups is 1. The molecule has 0 aromatic heterocycles. The minimum atomic E-state index is 0.00474. The third-order valence-electron chi connectivity index (χ3n) is 5.25. The Labute approximate surface area is 201 Å². The first-order valence-electron chi connectivity index (χ1n) is 12.4. The molecule has 1 aromatic rings. The van der Waals surface area contributed by atoms with Crippen LogP contribution in [0.1, 0.15) is 89.2 Å². The van der Waals surface area contributed by atoms with E-state index in [2.05, 4.69) is 24.5 Å². The van der Waals surface area contributed by atoms with Gasteiger partial charge in [-0.05, 0) is 44.2 Å². The van der Waals surface area contributed by atoms with Gasteiger partial charge >= 0.3 is 0 Å². The van der Waals surface area contributed by atoms with Crippen LogP contribution in [0, 0.1) is 6.92 Å². The molecule has 0 saturated heterocycles. The Balaban J connectivity index is 2.14. The molecule has 6 heteroatoms. The van der Waals surface area contributed by atoms with E-state index in [1.54, 1.807) is 0 Å². The molecule has 1 aromatic carbocycles. The highest BCUT2D eigenvalue weighted by Crippen LogP contribution is 2.18. The number of hydrogen-bond acceptors (Lipinski definition) is 4.